The molecule has 0 saturated carbocycles. The second kappa shape index (κ2) is 5.39. The Kier molecular flexibility index (Phi) is 4.42. The highest BCUT2D eigenvalue weighted by Crippen LogP contribution is 2.20. The zero-order valence-electron chi connectivity index (χ0n) is 11.0. The largest absolute Gasteiger partial charge is 0.321 e. The molecular formula is C13H23N3. The van der Waals surface area contributed by atoms with E-state index in [1.807, 2.05) is 0 Å². The van der Waals surface area contributed by atoms with Crippen LogP contribution >= 0.6 is 0 Å². The van der Waals surface area contributed by atoms with Crippen LogP contribution < -0.4 is 5.73 Å². The molecule has 3 nitrogen and oxygen atoms in total. The second-order valence-electron chi connectivity index (χ2n) is 4.90. The van der Waals surface area contributed by atoms with Crippen LogP contribution in [0.15, 0.2) is 6.07 Å². The Hall–Kier alpha value is -0.960. The molecule has 0 saturated heterocycles. The SMILES string of the molecule is CCC(N)c1nc(C(C)C)cc(C(C)C)n1. The molecule has 0 amide bonds. The molecule has 3 heteroatoms. The molecule has 1 aromatic heterocycles. The van der Waals surface area contributed by atoms with E-state index in [0.717, 1.165) is 23.6 Å². The van der Waals surface area contributed by atoms with Crippen LogP contribution in [0.25, 0.3) is 0 Å². The lowest BCUT2D eigenvalue weighted by atomic mass is 10.0. The number of hydrogen-bond acceptors (Lipinski definition) is 3. The van der Waals surface area contributed by atoms with Crippen molar-refractivity contribution in [1.82, 2.24) is 9.97 Å². The molecule has 1 rings (SSSR count). The first kappa shape index (κ1) is 13.1. The van der Waals surface area contributed by atoms with E-state index in [2.05, 4.69) is 50.7 Å². The summed E-state index contributed by atoms with van der Waals surface area (Å²) < 4.78 is 0. The van der Waals surface area contributed by atoms with Gasteiger partial charge in [-0.1, -0.05) is 34.6 Å². The van der Waals surface area contributed by atoms with Crippen molar-refractivity contribution < 1.29 is 0 Å². The summed E-state index contributed by atoms with van der Waals surface area (Å²) in [6.45, 7) is 10.6. The summed E-state index contributed by atoms with van der Waals surface area (Å²) in [6, 6.07) is 2.05. The summed E-state index contributed by atoms with van der Waals surface area (Å²) in [5.41, 5.74) is 8.20. The Morgan fingerprint density at radius 1 is 1.06 bits per heavy atom. The third kappa shape index (κ3) is 3.01. The van der Waals surface area contributed by atoms with Crippen molar-refractivity contribution in [3.63, 3.8) is 0 Å². The number of nitrogens with two attached hydrogens (primary N) is 1. The second-order valence-corrected chi connectivity index (χ2v) is 4.90. The fourth-order valence-electron chi connectivity index (χ4n) is 1.45. The van der Waals surface area contributed by atoms with Gasteiger partial charge < -0.3 is 5.73 Å². The van der Waals surface area contributed by atoms with E-state index in [1.54, 1.807) is 0 Å². The van der Waals surface area contributed by atoms with E-state index in [-0.39, 0.29) is 6.04 Å². The van der Waals surface area contributed by atoms with Gasteiger partial charge >= 0.3 is 0 Å². The number of rotatable bonds is 4. The maximum Gasteiger partial charge on any atom is 0.145 e. The van der Waals surface area contributed by atoms with Crippen LogP contribution in [0.2, 0.25) is 0 Å². The minimum atomic E-state index is -0.0452. The predicted octanol–water partition coefficient (Wildman–Crippen LogP) is 3.13. The first-order chi connectivity index (χ1) is 7.45. The lowest BCUT2D eigenvalue weighted by Crippen LogP contribution is -2.16. The Balaban J connectivity index is 3.18. The Bertz CT molecular complexity index is 319. The molecule has 0 aromatic carbocycles. The van der Waals surface area contributed by atoms with E-state index < -0.39 is 0 Å². The van der Waals surface area contributed by atoms with Crippen molar-refractivity contribution in [1.29, 1.82) is 0 Å². The fraction of sp³-hybridized carbons (Fsp3) is 0.692. The van der Waals surface area contributed by atoms with Crippen LogP contribution in [0.4, 0.5) is 0 Å². The maximum atomic E-state index is 6.01. The maximum absolute atomic E-state index is 6.01. The van der Waals surface area contributed by atoms with Crippen molar-refractivity contribution >= 4 is 0 Å². The smallest absolute Gasteiger partial charge is 0.145 e. The summed E-state index contributed by atoms with van der Waals surface area (Å²) in [7, 11) is 0. The molecule has 1 aromatic rings. The van der Waals surface area contributed by atoms with Crippen LogP contribution in [0.5, 0.6) is 0 Å². The lowest BCUT2D eigenvalue weighted by molar-refractivity contribution is 0.622. The van der Waals surface area contributed by atoms with Crippen LogP contribution in [-0.2, 0) is 0 Å². The minimum Gasteiger partial charge on any atom is -0.321 e. The fourth-order valence-corrected chi connectivity index (χ4v) is 1.45. The first-order valence-corrected chi connectivity index (χ1v) is 6.10. The van der Waals surface area contributed by atoms with Gasteiger partial charge in [-0.3, -0.25) is 0 Å². The minimum absolute atomic E-state index is 0.0452. The van der Waals surface area contributed by atoms with Gasteiger partial charge in [0.15, 0.2) is 0 Å². The highest BCUT2D eigenvalue weighted by atomic mass is 14.9. The van der Waals surface area contributed by atoms with Gasteiger partial charge in [0.25, 0.3) is 0 Å². The molecule has 0 aliphatic carbocycles. The number of aromatic nitrogens is 2. The third-order valence-corrected chi connectivity index (χ3v) is 2.74. The van der Waals surface area contributed by atoms with Gasteiger partial charge in [-0.2, -0.15) is 0 Å². The standard InChI is InChI=1S/C13H23N3/c1-6-10(14)13-15-11(8(2)3)7-12(16-13)9(4)5/h7-10H,6,14H2,1-5H3. The van der Waals surface area contributed by atoms with Crippen LogP contribution in [0.1, 0.15) is 76.1 Å². The average Bonchev–Trinajstić information content (AvgIpc) is 2.27. The highest BCUT2D eigenvalue weighted by molar-refractivity contribution is 5.17. The summed E-state index contributed by atoms with van der Waals surface area (Å²) >= 11 is 0. The van der Waals surface area contributed by atoms with Crippen LogP contribution in [0, 0.1) is 0 Å². The van der Waals surface area contributed by atoms with Gasteiger partial charge in [-0.15, -0.1) is 0 Å². The van der Waals surface area contributed by atoms with Crippen molar-refractivity contribution in [3.8, 4) is 0 Å². The van der Waals surface area contributed by atoms with Gasteiger partial charge in [0.1, 0.15) is 5.82 Å². The first-order valence-electron chi connectivity index (χ1n) is 6.10. The molecular weight excluding hydrogens is 198 g/mol. The molecule has 1 heterocycles. The van der Waals surface area contributed by atoms with Crippen LogP contribution in [0.3, 0.4) is 0 Å². The van der Waals surface area contributed by atoms with Crippen molar-refractivity contribution in [3.05, 3.63) is 23.3 Å². The molecule has 0 spiro atoms. The summed E-state index contributed by atoms with van der Waals surface area (Å²) in [6.07, 6.45) is 0.874. The van der Waals surface area contributed by atoms with E-state index in [9.17, 15) is 0 Å². The molecule has 90 valence electrons. The lowest BCUT2D eigenvalue weighted by Gasteiger charge is -2.15. The van der Waals surface area contributed by atoms with Gasteiger partial charge in [0.05, 0.1) is 6.04 Å². The van der Waals surface area contributed by atoms with Gasteiger partial charge in [-0.25, -0.2) is 9.97 Å². The summed E-state index contributed by atoms with van der Waals surface area (Å²) in [5, 5.41) is 0. The zero-order chi connectivity index (χ0) is 12.3. The Morgan fingerprint density at radius 3 is 1.81 bits per heavy atom. The number of hydrogen-bond donors (Lipinski definition) is 1. The average molecular weight is 221 g/mol. The molecule has 2 N–H and O–H groups in total. The van der Waals surface area contributed by atoms with Gasteiger partial charge in [0, 0.05) is 11.4 Å². The monoisotopic (exact) mass is 221 g/mol. The zero-order valence-corrected chi connectivity index (χ0v) is 11.0. The molecule has 0 aliphatic heterocycles. The Labute approximate surface area is 98.5 Å². The van der Waals surface area contributed by atoms with E-state index >= 15 is 0 Å². The molecule has 1 atom stereocenters. The summed E-state index contributed by atoms with van der Waals surface area (Å²) in [5.74, 6) is 1.63. The van der Waals surface area contributed by atoms with E-state index in [0.29, 0.717) is 11.8 Å². The van der Waals surface area contributed by atoms with Crippen molar-refractivity contribution in [2.24, 2.45) is 5.73 Å². The van der Waals surface area contributed by atoms with Crippen molar-refractivity contribution in [2.45, 2.75) is 58.9 Å². The quantitative estimate of drug-likeness (QED) is 0.849. The molecule has 0 fully saturated rings. The topological polar surface area (TPSA) is 51.8 Å². The van der Waals surface area contributed by atoms with Crippen molar-refractivity contribution in [2.75, 3.05) is 0 Å². The molecule has 16 heavy (non-hydrogen) atoms. The normalized spacial score (nSPS) is 13.5. The third-order valence-electron chi connectivity index (χ3n) is 2.74. The van der Waals surface area contributed by atoms with Gasteiger partial charge in [-0.05, 0) is 24.3 Å². The van der Waals surface area contributed by atoms with E-state index in [1.165, 1.54) is 0 Å². The summed E-state index contributed by atoms with van der Waals surface area (Å²) in [4.78, 5) is 9.10. The Morgan fingerprint density at radius 2 is 1.50 bits per heavy atom. The molecule has 0 radical (unpaired) electrons. The highest BCUT2D eigenvalue weighted by Gasteiger charge is 2.13. The molecule has 0 bridgehead atoms. The molecule has 1 unspecified atom stereocenters. The van der Waals surface area contributed by atoms with Crippen LogP contribution in [-0.4, -0.2) is 9.97 Å². The van der Waals surface area contributed by atoms with E-state index in [4.69, 9.17) is 5.73 Å². The van der Waals surface area contributed by atoms with Gasteiger partial charge in [0.2, 0.25) is 0 Å². The number of nitrogens with zero attached hydrogens (tertiary/aromatic N) is 2. The molecule has 0 aliphatic rings. The predicted molar refractivity (Wildman–Crippen MR) is 67.4 cm³/mol.